The molecule has 0 spiro atoms. The van der Waals surface area contributed by atoms with E-state index >= 15 is 0 Å². The van der Waals surface area contributed by atoms with Crippen LogP contribution in [0.1, 0.15) is 0 Å². The third kappa shape index (κ3) is 649. The van der Waals surface area contributed by atoms with Gasteiger partial charge in [-0.2, -0.15) is 0 Å². The summed E-state index contributed by atoms with van der Waals surface area (Å²) in [6.45, 7) is 0. The molecule has 0 aliphatic heterocycles. The van der Waals surface area contributed by atoms with Crippen molar-refractivity contribution in [1.29, 1.82) is 0 Å². The van der Waals surface area contributed by atoms with Gasteiger partial charge in [0.15, 0.2) is 0 Å². The number of hydrogen-bond acceptors (Lipinski definition) is 2. The van der Waals surface area contributed by atoms with Gasteiger partial charge in [0.1, 0.15) is 0 Å². The molecule has 0 aliphatic carbocycles. The summed E-state index contributed by atoms with van der Waals surface area (Å²) >= 11 is 1.38. The summed E-state index contributed by atoms with van der Waals surface area (Å²) in [4.78, 5) is 21.6. The molecule has 0 unspecified atom stereocenters. The van der Waals surface area contributed by atoms with Gasteiger partial charge in [-0.05, 0) is 0 Å². The number of rotatable bonds is 0. The molecule has 0 saturated heterocycles. The molecule has 0 bridgehead atoms. The second-order valence-corrected chi connectivity index (χ2v) is 1.54. The summed E-state index contributed by atoms with van der Waals surface area (Å²) in [5.41, 5.74) is 0. The molecule has 0 aromatic carbocycles. The molecule has 0 atom stereocenters. The molecule has 7 heavy (non-hydrogen) atoms. The van der Waals surface area contributed by atoms with E-state index in [1.54, 1.807) is 0 Å². The van der Waals surface area contributed by atoms with Gasteiger partial charge in [-0.3, -0.25) is 0 Å². The van der Waals surface area contributed by atoms with Gasteiger partial charge in [-0.1, -0.05) is 0 Å². The van der Waals surface area contributed by atoms with Crippen LogP contribution in [0.4, 0.5) is 0 Å². The Morgan fingerprint density at radius 3 is 1.14 bits per heavy atom. The predicted octanol–water partition coefficient (Wildman–Crippen LogP) is -1.05. The molecule has 3 N–H and O–H groups in total. The molecule has 0 saturated carbocycles. The Kier molecular flexibility index (Phi) is 6.85. The van der Waals surface area contributed by atoms with E-state index in [2.05, 4.69) is 0 Å². The second kappa shape index (κ2) is 4.60. The molecular weight excluding hydrogens is 163 g/mol. The van der Waals surface area contributed by atoms with Crippen LogP contribution in [-0.2, 0) is 24.6 Å². The average Bonchev–Trinajstić information content (AvgIpc) is 1.36. The van der Waals surface area contributed by atoms with Gasteiger partial charge in [0, 0.05) is 0 Å². The molecule has 7 heteroatoms. The van der Waals surface area contributed by atoms with E-state index in [0.29, 0.717) is 0 Å². The minimum atomic E-state index is -4.64. The molecule has 0 amide bonds. The summed E-state index contributed by atoms with van der Waals surface area (Å²) in [6, 6.07) is 0. The number of phosphoric acid groups is 1. The van der Waals surface area contributed by atoms with E-state index in [4.69, 9.17) is 23.0 Å². The summed E-state index contributed by atoms with van der Waals surface area (Å²) in [5.74, 6) is 0. The molecule has 0 rings (SSSR count). The monoisotopic (exact) mass is 166 g/mol. The van der Waals surface area contributed by atoms with E-state index in [1.807, 2.05) is 0 Å². The summed E-state index contributed by atoms with van der Waals surface area (Å²) in [7, 11) is -4.64. The van der Waals surface area contributed by atoms with Crippen molar-refractivity contribution in [1.82, 2.24) is 0 Å². The molecular formula is H3CrO5P. The van der Waals surface area contributed by atoms with Crippen molar-refractivity contribution < 1.29 is 39.3 Å². The fourth-order valence-corrected chi connectivity index (χ4v) is 0. The van der Waals surface area contributed by atoms with Crippen molar-refractivity contribution in [3.8, 4) is 0 Å². The zero-order valence-corrected chi connectivity index (χ0v) is 5.18. The predicted molar refractivity (Wildman–Crippen MR) is 14.9 cm³/mol. The average molecular weight is 166 g/mol. The van der Waals surface area contributed by atoms with Crippen LogP contribution in [0, 0.1) is 0 Å². The van der Waals surface area contributed by atoms with Crippen LogP contribution in [0.25, 0.3) is 0 Å². The molecule has 0 aromatic rings. The normalized spacial score (nSPS) is 9.00. The van der Waals surface area contributed by atoms with Crippen molar-refractivity contribution in [2.45, 2.75) is 0 Å². The first-order valence-electron chi connectivity index (χ1n) is 0.949. The zero-order chi connectivity index (χ0) is 6.50. The molecule has 0 aromatic heterocycles. The third-order valence-corrected chi connectivity index (χ3v) is 0. The minimum absolute atomic E-state index is 1.38. The topological polar surface area (TPSA) is 94.8 Å². The molecule has 0 fully saturated rings. The zero-order valence-electron chi connectivity index (χ0n) is 3.01. The van der Waals surface area contributed by atoms with E-state index < -0.39 is 7.82 Å². The molecule has 44 valence electrons. The van der Waals surface area contributed by atoms with E-state index in [9.17, 15) is 0 Å². The van der Waals surface area contributed by atoms with E-state index in [1.165, 1.54) is 16.2 Å². The Balaban J connectivity index is 0. The summed E-state index contributed by atoms with van der Waals surface area (Å²) in [6.07, 6.45) is 0. The Morgan fingerprint density at radius 2 is 1.14 bits per heavy atom. The first-order valence-corrected chi connectivity index (χ1v) is 3.03. The fraction of sp³-hybridized carbons (Fsp3) is 0. The van der Waals surface area contributed by atoms with Crippen LogP contribution < -0.4 is 0 Å². The number of hydrogen-bond donors (Lipinski definition) is 3. The molecule has 0 aliphatic rings. The quantitative estimate of drug-likeness (QED) is 0.399. The van der Waals surface area contributed by atoms with Gasteiger partial charge in [0.25, 0.3) is 0 Å². The van der Waals surface area contributed by atoms with Gasteiger partial charge >= 0.3 is 27.9 Å². The Labute approximate surface area is 47.9 Å². The van der Waals surface area contributed by atoms with Crippen LogP contribution in [0.15, 0.2) is 0 Å². The van der Waals surface area contributed by atoms with E-state index in [-0.39, 0.29) is 0 Å². The first-order chi connectivity index (χ1) is 3.00. The maximum atomic E-state index is 8.88. The van der Waals surface area contributed by atoms with Crippen LogP contribution >= 0.6 is 7.82 Å². The Bertz CT molecular complexity index is 63.9. The molecule has 0 radical (unpaired) electrons. The van der Waals surface area contributed by atoms with Gasteiger partial charge in [0.05, 0.1) is 0 Å². The van der Waals surface area contributed by atoms with Crippen molar-refractivity contribution >= 4 is 7.82 Å². The second-order valence-electron chi connectivity index (χ2n) is 0.513. The molecule has 5 nitrogen and oxygen atoms in total. The van der Waals surface area contributed by atoms with E-state index in [0.717, 1.165) is 0 Å². The van der Waals surface area contributed by atoms with Crippen molar-refractivity contribution in [2.75, 3.05) is 0 Å². The van der Waals surface area contributed by atoms with Gasteiger partial charge in [-0.15, -0.1) is 0 Å². The van der Waals surface area contributed by atoms with Crippen molar-refractivity contribution in [2.24, 2.45) is 0 Å². The van der Waals surface area contributed by atoms with Crippen molar-refractivity contribution in [3.63, 3.8) is 0 Å². The van der Waals surface area contributed by atoms with Gasteiger partial charge < -0.3 is 14.7 Å². The van der Waals surface area contributed by atoms with Crippen LogP contribution in [0.3, 0.4) is 0 Å². The molecule has 0 heterocycles. The van der Waals surface area contributed by atoms with Gasteiger partial charge in [0.2, 0.25) is 0 Å². The van der Waals surface area contributed by atoms with Crippen LogP contribution in [-0.4, -0.2) is 14.7 Å². The Hall–Kier alpha value is 0.442. The fourth-order valence-electron chi connectivity index (χ4n) is 0. The van der Waals surface area contributed by atoms with Crippen molar-refractivity contribution in [3.05, 3.63) is 0 Å². The summed E-state index contributed by atoms with van der Waals surface area (Å²) < 4.78 is 17.0. The first kappa shape index (κ1) is 10.4. The van der Waals surface area contributed by atoms with Crippen LogP contribution in [0.5, 0.6) is 0 Å². The SMILES string of the molecule is O=P(O)(O)O.[O]=[Cr]. The standard InChI is InChI=1S/Cr.H3O4P.O/c;1-5(2,3)4;/h;(H3,1,2,3,4);. The Morgan fingerprint density at radius 1 is 1.14 bits per heavy atom. The third-order valence-electron chi connectivity index (χ3n) is 0. The van der Waals surface area contributed by atoms with Crippen LogP contribution in [0.2, 0.25) is 0 Å². The maximum absolute atomic E-state index is 8.88. The van der Waals surface area contributed by atoms with Gasteiger partial charge in [-0.25, -0.2) is 4.57 Å². The summed E-state index contributed by atoms with van der Waals surface area (Å²) in [5, 5.41) is 0.